The molecule has 10 heteroatoms. The van der Waals surface area contributed by atoms with Crippen LogP contribution in [0.2, 0.25) is 0 Å². The lowest BCUT2D eigenvalue weighted by Crippen LogP contribution is -2.54. The normalized spacial score (nSPS) is 22.0. The van der Waals surface area contributed by atoms with E-state index in [1.165, 1.54) is 6.42 Å². The third-order valence-corrected chi connectivity index (χ3v) is 9.92. The van der Waals surface area contributed by atoms with E-state index in [-0.39, 0.29) is 22.9 Å². The summed E-state index contributed by atoms with van der Waals surface area (Å²) in [6.07, 6.45) is 3.65. The Morgan fingerprint density at radius 1 is 1.00 bits per heavy atom. The van der Waals surface area contributed by atoms with Crippen molar-refractivity contribution in [2.75, 3.05) is 0 Å². The van der Waals surface area contributed by atoms with Gasteiger partial charge in [0.05, 0.1) is 11.5 Å². The smallest absolute Gasteiger partial charge is 0.410 e. The Morgan fingerprint density at radius 2 is 1.65 bits per heavy atom. The summed E-state index contributed by atoms with van der Waals surface area (Å²) in [6, 6.07) is 6.95. The highest BCUT2D eigenvalue weighted by Crippen LogP contribution is 2.49. The number of carboxylic acid groups (broad SMARTS) is 1. The van der Waals surface area contributed by atoms with Crippen molar-refractivity contribution in [3.8, 4) is 11.3 Å². The van der Waals surface area contributed by atoms with E-state index in [0.717, 1.165) is 69.3 Å². The number of carbonyl (C=O) groups excluding carboxylic acids is 2. The monoisotopic (exact) mass is 601 g/mol. The van der Waals surface area contributed by atoms with Crippen LogP contribution >= 0.6 is 0 Å². The van der Waals surface area contributed by atoms with E-state index in [1.807, 2.05) is 19.1 Å². The summed E-state index contributed by atoms with van der Waals surface area (Å²) in [5.74, 6) is -1.95. The number of amides is 2. The van der Waals surface area contributed by atoms with Gasteiger partial charge in [0.1, 0.15) is 5.54 Å². The summed E-state index contributed by atoms with van der Waals surface area (Å²) in [5, 5.41) is 14.4. The summed E-state index contributed by atoms with van der Waals surface area (Å²) in [7, 11) is 0. The Morgan fingerprint density at radius 3 is 2.23 bits per heavy atom. The van der Waals surface area contributed by atoms with Crippen LogP contribution in [0.5, 0.6) is 0 Å². The fourth-order valence-electron chi connectivity index (χ4n) is 6.34. The number of benzene rings is 1. The van der Waals surface area contributed by atoms with Gasteiger partial charge in [-0.05, 0) is 106 Å². The van der Waals surface area contributed by atoms with Gasteiger partial charge in [-0.3, -0.25) is 14.4 Å². The number of aliphatic carboxylic acids is 1. The highest BCUT2D eigenvalue weighted by molar-refractivity contribution is 5.99. The van der Waals surface area contributed by atoms with Crippen molar-refractivity contribution in [1.82, 2.24) is 15.2 Å². The first-order valence-electron chi connectivity index (χ1n) is 15.4. The quantitative estimate of drug-likeness (QED) is 0.296. The van der Waals surface area contributed by atoms with Gasteiger partial charge in [-0.25, -0.2) is 0 Å². The Kier molecular flexibility index (Phi) is 8.20. The number of nitrogens with one attached hydrogen (secondary N) is 2. The standard InChI is InChI=1S/C33H42F3N3O4/c1-19-26(29(41)37-25-15-23(16-25)30(42)43)17-27(39(19)18-20-8-6-5-7-9-20)21-12-22(14-24(13-21)32(4)10-11-32)28(40)38-31(2,3)33(34,35)36/h12-14,17,20,23,25H,5-11,15-16,18H2,1-4H3,(H,37,41)(H,38,40)(H,42,43). The first-order chi connectivity index (χ1) is 20.1. The second kappa shape index (κ2) is 11.3. The molecule has 3 N–H and O–H groups in total. The topological polar surface area (TPSA) is 100 Å². The molecule has 3 aliphatic carbocycles. The Hall–Kier alpha value is -3.30. The van der Waals surface area contributed by atoms with Crippen LogP contribution in [-0.4, -0.2) is 45.2 Å². The van der Waals surface area contributed by atoms with Gasteiger partial charge in [0.2, 0.25) is 0 Å². The lowest BCUT2D eigenvalue weighted by Gasteiger charge is -2.32. The molecule has 3 aliphatic rings. The minimum atomic E-state index is -4.62. The molecule has 1 aromatic carbocycles. The zero-order chi connectivity index (χ0) is 31.3. The van der Waals surface area contributed by atoms with Crippen LogP contribution in [0.15, 0.2) is 24.3 Å². The second-order valence-corrected chi connectivity index (χ2v) is 13.8. The molecule has 3 fully saturated rings. The number of aromatic nitrogens is 1. The van der Waals surface area contributed by atoms with Crippen LogP contribution in [0.1, 0.15) is 111 Å². The molecule has 0 bridgehead atoms. The molecule has 0 radical (unpaired) electrons. The molecular weight excluding hydrogens is 559 g/mol. The second-order valence-electron chi connectivity index (χ2n) is 13.8. The summed E-state index contributed by atoms with van der Waals surface area (Å²) < 4.78 is 43.0. The molecular formula is C33H42F3N3O4. The summed E-state index contributed by atoms with van der Waals surface area (Å²) >= 11 is 0. The Bertz CT molecular complexity index is 1410. The highest BCUT2D eigenvalue weighted by atomic mass is 19.4. The molecule has 1 aromatic heterocycles. The van der Waals surface area contributed by atoms with E-state index >= 15 is 0 Å². The fraction of sp³-hybridized carbons (Fsp3) is 0.606. The number of alkyl halides is 3. The van der Waals surface area contributed by atoms with E-state index < -0.39 is 29.5 Å². The van der Waals surface area contributed by atoms with Crippen LogP contribution < -0.4 is 10.6 Å². The largest absolute Gasteiger partial charge is 0.481 e. The van der Waals surface area contributed by atoms with Gasteiger partial charge in [-0.1, -0.05) is 26.2 Å². The van der Waals surface area contributed by atoms with Crippen molar-refractivity contribution in [2.45, 2.75) is 115 Å². The maximum atomic E-state index is 13.6. The average molecular weight is 602 g/mol. The van der Waals surface area contributed by atoms with Crippen molar-refractivity contribution in [3.05, 3.63) is 46.6 Å². The van der Waals surface area contributed by atoms with Gasteiger partial charge in [0, 0.05) is 29.5 Å². The molecule has 234 valence electrons. The summed E-state index contributed by atoms with van der Waals surface area (Å²) in [4.78, 5) is 38.0. The zero-order valence-electron chi connectivity index (χ0n) is 25.4. The Balaban J connectivity index is 1.53. The molecule has 0 saturated heterocycles. The van der Waals surface area contributed by atoms with Crippen LogP contribution in [0.25, 0.3) is 11.3 Å². The zero-order valence-corrected chi connectivity index (χ0v) is 25.4. The predicted octanol–water partition coefficient (Wildman–Crippen LogP) is 6.76. The first kappa shape index (κ1) is 31.1. The first-order valence-corrected chi connectivity index (χ1v) is 15.4. The summed E-state index contributed by atoms with van der Waals surface area (Å²) in [5.41, 5.74) is 1.17. The number of hydrogen-bond acceptors (Lipinski definition) is 3. The number of carboxylic acids is 1. The minimum absolute atomic E-state index is 0.154. The van der Waals surface area contributed by atoms with E-state index in [4.69, 9.17) is 0 Å². The number of hydrogen-bond donors (Lipinski definition) is 3. The van der Waals surface area contributed by atoms with Gasteiger partial charge in [0.25, 0.3) is 11.8 Å². The van der Waals surface area contributed by atoms with Crippen LogP contribution in [-0.2, 0) is 16.8 Å². The van der Waals surface area contributed by atoms with Crippen LogP contribution in [0, 0.1) is 18.8 Å². The third-order valence-electron chi connectivity index (χ3n) is 9.92. The SMILES string of the molecule is Cc1c(C(=O)NC2CC(C(=O)O)C2)cc(-c2cc(C(=O)NC(C)(C)C(F)(F)F)cc(C3(C)CC3)c2)n1CC1CCCCC1. The Labute approximate surface area is 250 Å². The van der Waals surface area contributed by atoms with Crippen LogP contribution in [0.4, 0.5) is 13.2 Å². The van der Waals surface area contributed by atoms with Crippen molar-refractivity contribution >= 4 is 17.8 Å². The molecule has 43 heavy (non-hydrogen) atoms. The minimum Gasteiger partial charge on any atom is -0.481 e. The predicted molar refractivity (Wildman–Crippen MR) is 157 cm³/mol. The third kappa shape index (κ3) is 6.48. The molecule has 0 aliphatic heterocycles. The van der Waals surface area contributed by atoms with Crippen molar-refractivity contribution in [3.63, 3.8) is 0 Å². The molecule has 2 aromatic rings. The fourth-order valence-corrected chi connectivity index (χ4v) is 6.34. The van der Waals surface area contributed by atoms with Crippen molar-refractivity contribution < 1.29 is 32.7 Å². The van der Waals surface area contributed by atoms with Gasteiger partial charge < -0.3 is 20.3 Å². The molecule has 0 unspecified atom stereocenters. The number of carbonyl (C=O) groups is 3. The number of rotatable bonds is 9. The van der Waals surface area contributed by atoms with Gasteiger partial charge in [-0.15, -0.1) is 0 Å². The molecule has 0 spiro atoms. The van der Waals surface area contributed by atoms with Crippen molar-refractivity contribution in [1.29, 1.82) is 0 Å². The molecule has 1 heterocycles. The molecule has 7 nitrogen and oxygen atoms in total. The number of nitrogens with zero attached hydrogens (tertiary/aromatic N) is 1. The molecule has 3 saturated carbocycles. The van der Waals surface area contributed by atoms with Crippen LogP contribution in [0.3, 0.4) is 0 Å². The van der Waals surface area contributed by atoms with Gasteiger partial charge in [-0.2, -0.15) is 13.2 Å². The van der Waals surface area contributed by atoms with Gasteiger partial charge >= 0.3 is 12.1 Å². The lowest BCUT2D eigenvalue weighted by molar-refractivity contribution is -0.182. The lowest BCUT2D eigenvalue weighted by atomic mass is 9.80. The van der Waals surface area contributed by atoms with Gasteiger partial charge in [0.15, 0.2) is 0 Å². The van der Waals surface area contributed by atoms with E-state index in [1.54, 1.807) is 12.1 Å². The molecule has 2 amide bonds. The maximum absolute atomic E-state index is 13.6. The highest BCUT2D eigenvalue weighted by Gasteiger charge is 2.48. The van der Waals surface area contributed by atoms with E-state index in [0.29, 0.717) is 36.4 Å². The maximum Gasteiger partial charge on any atom is 0.410 e. The number of halogens is 3. The summed E-state index contributed by atoms with van der Waals surface area (Å²) in [6.45, 7) is 6.57. The van der Waals surface area contributed by atoms with E-state index in [2.05, 4.69) is 22.1 Å². The van der Waals surface area contributed by atoms with E-state index in [9.17, 15) is 32.7 Å². The molecule has 0 atom stereocenters. The molecule has 5 rings (SSSR count). The van der Waals surface area contributed by atoms with Crippen molar-refractivity contribution in [2.24, 2.45) is 11.8 Å². The average Bonchev–Trinajstić information content (AvgIpc) is 3.59.